The number of carbonyl (C=O) groups is 2. The van der Waals surface area contributed by atoms with Crippen molar-refractivity contribution in [2.45, 2.75) is 335 Å². The third-order valence-electron chi connectivity index (χ3n) is 14.8. The van der Waals surface area contributed by atoms with Gasteiger partial charge in [0.05, 0.1) is 33.8 Å². The van der Waals surface area contributed by atoms with Crippen LogP contribution < -0.4 is 10.2 Å². The number of nitrogens with one attached hydrogen (secondary N) is 1. The minimum atomic E-state index is -4.70. The first-order chi connectivity index (χ1) is 36.9. The summed E-state index contributed by atoms with van der Waals surface area (Å²) >= 11 is 0. The highest BCUT2D eigenvalue weighted by Gasteiger charge is 2.27. The Balaban J connectivity index is 5.16. The summed E-state index contributed by atoms with van der Waals surface area (Å²) in [6, 6.07) is -0.885. The maximum atomic E-state index is 13.6. The molecule has 0 aliphatic rings. The van der Waals surface area contributed by atoms with Gasteiger partial charge in [0.15, 0.2) is 0 Å². The van der Waals surface area contributed by atoms with Gasteiger partial charge in [-0.3, -0.25) is 14.2 Å². The summed E-state index contributed by atoms with van der Waals surface area (Å²) < 4.78 is 30.4. The van der Waals surface area contributed by atoms with Crippen LogP contribution in [0.5, 0.6) is 0 Å². The molecule has 3 atom stereocenters. The molecular formula is C66H127N2O7P. The number of likely N-dealkylation sites (N-methyl/N-ethyl adjacent to an activating group) is 1. The monoisotopic (exact) mass is 1090 g/mol. The van der Waals surface area contributed by atoms with E-state index < -0.39 is 20.0 Å². The normalized spacial score (nSPS) is 13.8. The zero-order valence-corrected chi connectivity index (χ0v) is 52.1. The fourth-order valence-corrected chi connectivity index (χ4v) is 10.5. The number of ether oxygens (including phenoxy) is 1. The molecule has 0 aromatic rings. The molecule has 448 valence electrons. The van der Waals surface area contributed by atoms with Crippen molar-refractivity contribution in [1.82, 2.24) is 5.32 Å². The van der Waals surface area contributed by atoms with Crippen molar-refractivity contribution < 1.29 is 37.3 Å². The molecule has 0 fully saturated rings. The number of nitrogens with zero attached hydrogens (tertiary/aromatic N) is 1. The number of unbranched alkanes of at least 4 members (excludes halogenated alkanes) is 40. The number of rotatable bonds is 60. The maximum absolute atomic E-state index is 13.6. The zero-order chi connectivity index (χ0) is 55.7. The van der Waals surface area contributed by atoms with Gasteiger partial charge in [0, 0.05) is 12.8 Å². The molecule has 9 nitrogen and oxygen atoms in total. The van der Waals surface area contributed by atoms with Crippen molar-refractivity contribution in [3.05, 3.63) is 36.5 Å². The summed E-state index contributed by atoms with van der Waals surface area (Å²) in [4.78, 5) is 40.0. The van der Waals surface area contributed by atoms with E-state index in [-0.39, 0.29) is 31.5 Å². The number of hydrogen-bond donors (Lipinski definition) is 1. The van der Waals surface area contributed by atoms with E-state index in [2.05, 4.69) is 50.4 Å². The van der Waals surface area contributed by atoms with Crippen LogP contribution >= 0.6 is 7.82 Å². The van der Waals surface area contributed by atoms with Gasteiger partial charge >= 0.3 is 5.97 Å². The van der Waals surface area contributed by atoms with Gasteiger partial charge in [-0.2, -0.15) is 0 Å². The van der Waals surface area contributed by atoms with Crippen LogP contribution in [0.15, 0.2) is 36.5 Å². The predicted octanol–water partition coefficient (Wildman–Crippen LogP) is 19.7. The van der Waals surface area contributed by atoms with Crippen LogP contribution in [0, 0.1) is 0 Å². The van der Waals surface area contributed by atoms with Crippen molar-refractivity contribution in [2.75, 3.05) is 40.9 Å². The second-order valence-electron chi connectivity index (χ2n) is 23.6. The summed E-state index contributed by atoms with van der Waals surface area (Å²) in [5.74, 6) is -0.527. The van der Waals surface area contributed by atoms with Crippen molar-refractivity contribution >= 4 is 19.7 Å². The van der Waals surface area contributed by atoms with Gasteiger partial charge in [-0.15, -0.1) is 0 Å². The maximum Gasteiger partial charge on any atom is 0.306 e. The number of hydrogen-bond acceptors (Lipinski definition) is 7. The number of quaternary nitrogens is 1. The highest BCUT2D eigenvalue weighted by Crippen LogP contribution is 2.38. The highest BCUT2D eigenvalue weighted by molar-refractivity contribution is 7.45. The first-order valence-corrected chi connectivity index (χ1v) is 34.3. The molecule has 0 saturated heterocycles. The average molecular weight is 1090 g/mol. The van der Waals surface area contributed by atoms with E-state index in [4.69, 9.17) is 13.8 Å². The number of phosphoric acid groups is 1. The predicted molar refractivity (Wildman–Crippen MR) is 326 cm³/mol. The van der Waals surface area contributed by atoms with Crippen LogP contribution in [-0.4, -0.2) is 69.4 Å². The number of allylic oxidation sites excluding steroid dienone is 5. The van der Waals surface area contributed by atoms with Gasteiger partial charge in [0.25, 0.3) is 7.82 Å². The molecular weight excluding hydrogens is 964 g/mol. The van der Waals surface area contributed by atoms with Crippen molar-refractivity contribution in [2.24, 2.45) is 0 Å². The molecule has 0 aliphatic heterocycles. The van der Waals surface area contributed by atoms with Crippen LogP contribution in [-0.2, 0) is 27.9 Å². The Morgan fingerprint density at radius 1 is 0.461 bits per heavy atom. The van der Waals surface area contributed by atoms with E-state index in [9.17, 15) is 19.0 Å². The van der Waals surface area contributed by atoms with Crippen molar-refractivity contribution in [1.29, 1.82) is 0 Å². The van der Waals surface area contributed by atoms with E-state index in [0.29, 0.717) is 17.4 Å². The molecule has 1 N–H and O–H groups in total. The molecule has 76 heavy (non-hydrogen) atoms. The van der Waals surface area contributed by atoms with Gasteiger partial charge in [0.1, 0.15) is 19.3 Å². The Kier molecular flexibility index (Phi) is 55.2. The smallest absolute Gasteiger partial charge is 0.306 e. The van der Waals surface area contributed by atoms with Crippen LogP contribution in [0.25, 0.3) is 0 Å². The Morgan fingerprint density at radius 2 is 0.803 bits per heavy atom. The number of phosphoric ester groups is 1. The summed E-state index contributed by atoms with van der Waals surface area (Å²) in [6.07, 6.45) is 68.2. The fourth-order valence-electron chi connectivity index (χ4n) is 9.73. The van der Waals surface area contributed by atoms with E-state index in [1.807, 2.05) is 33.3 Å². The third-order valence-corrected chi connectivity index (χ3v) is 15.8. The standard InChI is InChI=1S/C66H127N2O7P/c1-7-10-13-16-19-22-25-28-30-32-33-34-35-37-38-40-43-46-49-52-55-58-65(69)67-63(62-74-76(71,72)73-61-60-68(4,5)6)64(57-54-51-48-45-42-27-24-21-18-15-12-9-3)75-66(70)59-56-53-50-47-44-41-39-36-31-29-26-23-20-17-14-11-8-2/h19,22,28,30,54,57,63-64H,7-18,20-21,23-27,29,31-53,55-56,58-62H2,1-6H3,(H-,67,69,71,72)/b22-19-,30-28-,57-54+. The van der Waals surface area contributed by atoms with Crippen molar-refractivity contribution in [3.8, 4) is 0 Å². The zero-order valence-electron chi connectivity index (χ0n) is 51.2. The molecule has 3 unspecified atom stereocenters. The van der Waals surface area contributed by atoms with Gasteiger partial charge in [0.2, 0.25) is 5.91 Å². The second-order valence-corrected chi connectivity index (χ2v) is 25.0. The minimum absolute atomic E-state index is 0.0201. The molecule has 0 saturated carbocycles. The molecule has 0 aromatic carbocycles. The molecule has 0 bridgehead atoms. The Morgan fingerprint density at radius 3 is 1.21 bits per heavy atom. The molecule has 0 aliphatic carbocycles. The molecule has 0 radical (unpaired) electrons. The van der Waals surface area contributed by atoms with E-state index in [0.717, 1.165) is 64.2 Å². The fraction of sp³-hybridized carbons (Fsp3) is 0.879. The van der Waals surface area contributed by atoms with Crippen LogP contribution in [0.3, 0.4) is 0 Å². The number of carbonyl (C=O) groups excluding carboxylic acids is 2. The third kappa shape index (κ3) is 56.9. The lowest BCUT2D eigenvalue weighted by molar-refractivity contribution is -0.870. The van der Waals surface area contributed by atoms with E-state index in [1.165, 1.54) is 225 Å². The topological polar surface area (TPSA) is 114 Å². The number of esters is 1. The van der Waals surface area contributed by atoms with Gasteiger partial charge < -0.3 is 28.5 Å². The molecule has 10 heteroatoms. The molecule has 0 spiro atoms. The minimum Gasteiger partial charge on any atom is -0.756 e. The quantitative estimate of drug-likeness (QED) is 0.0212. The lowest BCUT2D eigenvalue weighted by Crippen LogP contribution is -2.47. The van der Waals surface area contributed by atoms with Gasteiger partial charge in [-0.25, -0.2) is 0 Å². The SMILES string of the molecule is CCCCC/C=C\C/C=C\CCCCCCCCCCCCCC(=O)NC(COP(=O)([O-])OCC[N+](C)(C)C)C(/C=C/CCCCCCCCCCCC)OC(=O)CCCCCCCCCCCCCCCCCCC. The largest absolute Gasteiger partial charge is 0.756 e. The van der Waals surface area contributed by atoms with Crippen LogP contribution in [0.1, 0.15) is 323 Å². The first-order valence-electron chi connectivity index (χ1n) is 32.8. The van der Waals surface area contributed by atoms with Crippen LogP contribution in [0.2, 0.25) is 0 Å². The summed E-state index contributed by atoms with van der Waals surface area (Å²) in [5.41, 5.74) is 0. The Hall–Kier alpha value is -1.77. The summed E-state index contributed by atoms with van der Waals surface area (Å²) in [7, 11) is 1.20. The lowest BCUT2D eigenvalue weighted by atomic mass is 10.0. The number of amides is 1. The second kappa shape index (κ2) is 56.5. The van der Waals surface area contributed by atoms with Crippen LogP contribution in [0.4, 0.5) is 0 Å². The highest BCUT2D eigenvalue weighted by atomic mass is 31.2. The molecule has 0 rings (SSSR count). The van der Waals surface area contributed by atoms with Crippen molar-refractivity contribution in [3.63, 3.8) is 0 Å². The lowest BCUT2D eigenvalue weighted by Gasteiger charge is -2.30. The van der Waals surface area contributed by atoms with E-state index >= 15 is 0 Å². The first kappa shape index (κ1) is 74.2. The Bertz CT molecular complexity index is 1400. The Labute approximate surface area is 472 Å². The molecule has 0 heterocycles. The van der Waals surface area contributed by atoms with Gasteiger partial charge in [-0.05, 0) is 63.9 Å². The summed E-state index contributed by atoms with van der Waals surface area (Å²) in [6.45, 7) is 6.86. The van der Waals surface area contributed by atoms with Gasteiger partial charge in [-0.1, -0.05) is 282 Å². The molecule has 0 aromatic heterocycles. The summed E-state index contributed by atoms with van der Waals surface area (Å²) in [5, 5.41) is 3.04. The molecule has 1 amide bonds. The average Bonchev–Trinajstić information content (AvgIpc) is 3.38. The van der Waals surface area contributed by atoms with E-state index in [1.54, 1.807) is 0 Å².